The summed E-state index contributed by atoms with van der Waals surface area (Å²) >= 11 is 0. The van der Waals surface area contributed by atoms with Crippen molar-refractivity contribution in [3.05, 3.63) is 153 Å². The number of nitrogens with two attached hydrogens (primary N) is 4. The van der Waals surface area contributed by atoms with E-state index in [9.17, 15) is 63.0 Å². The van der Waals surface area contributed by atoms with E-state index in [1.807, 2.05) is 55.4 Å². The van der Waals surface area contributed by atoms with E-state index in [1.165, 1.54) is 69.9 Å². The van der Waals surface area contributed by atoms with Gasteiger partial charge in [-0.3, -0.25) is 54.8 Å². The van der Waals surface area contributed by atoms with E-state index >= 15 is 0 Å². The summed E-state index contributed by atoms with van der Waals surface area (Å²) in [4.78, 5) is 132. The molecule has 3 aromatic rings. The number of alkyl carbamates (subject to hydrolysis) is 2. The zero-order chi connectivity index (χ0) is 96.2. The van der Waals surface area contributed by atoms with E-state index in [2.05, 4.69) is 83.8 Å². The number of nitrogens with one attached hydrogen (secondary N) is 2. The first-order valence-corrected chi connectivity index (χ1v) is 44.7. The number of hydrazine groups is 1. The molecule has 6 aliphatic carbocycles. The molecule has 4 heterocycles. The van der Waals surface area contributed by atoms with Gasteiger partial charge in [-0.05, 0) is 309 Å². The van der Waals surface area contributed by atoms with Gasteiger partial charge in [-0.2, -0.15) is 4.90 Å². The van der Waals surface area contributed by atoms with E-state index < -0.39 is 74.2 Å². The van der Waals surface area contributed by atoms with Gasteiger partial charge in [0.1, 0.15) is 22.4 Å². The summed E-state index contributed by atoms with van der Waals surface area (Å²) in [6.07, 6.45) is 26.1. The van der Waals surface area contributed by atoms with Crippen molar-refractivity contribution >= 4 is 84.8 Å². The second kappa shape index (κ2) is 62.0. The van der Waals surface area contributed by atoms with Gasteiger partial charge in [0.15, 0.2) is 0 Å². The van der Waals surface area contributed by atoms with E-state index in [-0.39, 0.29) is 167 Å². The normalized spacial score (nSPS) is 21.7. The number of aliphatic hydroxyl groups is 2. The number of carbonyl (C=O) groups is 11. The molecular weight excluding hydrogens is 1760 g/mol. The number of hydrogen-bond acceptors (Lipinski definition) is 27. The van der Waals surface area contributed by atoms with E-state index in [0.29, 0.717) is 64.9 Å². The van der Waals surface area contributed by atoms with Crippen LogP contribution in [0.3, 0.4) is 0 Å². The summed E-state index contributed by atoms with van der Waals surface area (Å²) < 4.78 is 66.6. The third-order valence-corrected chi connectivity index (χ3v) is 20.5. The number of rotatable bonds is 5. The first-order chi connectivity index (χ1) is 59.0. The van der Waals surface area contributed by atoms with E-state index in [4.69, 9.17) is 52.7 Å². The number of fused-ring (bicyclic) bond motifs is 3. The van der Waals surface area contributed by atoms with Crippen LogP contribution in [0.1, 0.15) is 365 Å². The van der Waals surface area contributed by atoms with Gasteiger partial charge in [-0.15, -0.1) is 0 Å². The van der Waals surface area contributed by atoms with Crippen molar-refractivity contribution in [3.63, 3.8) is 0 Å². The van der Waals surface area contributed by atoms with Crippen molar-refractivity contribution in [3.8, 4) is 0 Å². The van der Waals surface area contributed by atoms with Crippen LogP contribution in [0.25, 0.3) is 0 Å². The number of allylic oxidation sites excluding steroid dienone is 4. The van der Waals surface area contributed by atoms with Crippen LogP contribution in [0.5, 0.6) is 0 Å². The molecule has 2 saturated carbocycles. The molecular formula is C97H158BKN9O24S. The van der Waals surface area contributed by atoms with Crippen molar-refractivity contribution in [1.82, 2.24) is 25.3 Å². The number of nitrogens with zero attached hydrogens (tertiary/aromatic N) is 3. The zero-order valence-corrected chi connectivity index (χ0v) is 83.4. The molecule has 4 atom stereocenters. The molecule has 0 spiro atoms. The fraction of sp³-hybridized carbons (Fsp3) is 0.619. The number of amides is 9. The second-order valence-corrected chi connectivity index (χ2v) is 37.8. The predicted octanol–water partition coefficient (Wildman–Crippen LogP) is 15.0. The Morgan fingerprint density at radius 3 is 1.00 bits per heavy atom. The van der Waals surface area contributed by atoms with Crippen LogP contribution in [0.2, 0.25) is 0 Å². The van der Waals surface area contributed by atoms with Crippen LogP contribution >= 0.6 is 0 Å². The maximum Gasteiger partial charge on any atom is 1.00 e. The topological polar surface area (TPSA) is 508 Å². The molecule has 0 aromatic heterocycles. The van der Waals surface area contributed by atoms with Crippen molar-refractivity contribution in [2.24, 2.45) is 23.2 Å². The van der Waals surface area contributed by atoms with Gasteiger partial charge < -0.3 is 70.0 Å². The molecule has 10 aliphatic rings. The van der Waals surface area contributed by atoms with Crippen molar-refractivity contribution < 1.29 is 165 Å². The third kappa shape index (κ3) is 51.7. The number of benzene rings is 3. The van der Waals surface area contributed by atoms with Gasteiger partial charge in [0, 0.05) is 57.9 Å². The Morgan fingerprint density at radius 1 is 0.466 bits per heavy atom. The minimum Gasteiger partial charge on any atom is -0.726 e. The third-order valence-electron chi connectivity index (χ3n) is 20.5. The molecule has 3 aromatic carbocycles. The molecule has 3 fully saturated rings. The molecule has 33 nitrogen and oxygen atoms in total. The maximum absolute atomic E-state index is 12.3. The summed E-state index contributed by atoms with van der Waals surface area (Å²) in [5.74, 6) is 6.11. The quantitative estimate of drug-likeness (QED) is 0.0109. The number of imide groups is 5. The standard InChI is InChI=1S/C15H17NO3.C15H15NO2.2C12H21NO2.C11H9NO4.C10H18O5.C7H15NO.C7H13N.C4H8O.4CH4.B.K.H4N2.H2O4S/c1-15(19)8-6-10(7-9-15)16-13(17)11-4-2-3-5-12(11)14(16)18;1-10-6-8-11(9-7-10)16-14(17)12-4-2-3-5-13(12)15(16)18;2*1-9-5-7-10(8-6-9)13-11(14)15-12(2,3)4;1-2-16-11(15)12-9(13)7-5-3-4-6-8(7)10(12)14;1-9(2,3)14-7(11)13-8(12)15-10(4,5)6;1-7(9)4-2-6(8)3-5-7;1-6-2-4-7(8)5-3-6;1-2-4-5-3-1;;;;;;;1-2;1-5(2,3)4/h2-5,10,19H,6-9H2,1H3;2-6,11H,7-9H2,1H3;2*5,10H,6-8H2,1-4H3,(H,13,14);3-6H,2H2,1H3;1-6H3;6,9H,2-5,8H2,1H3;2,7H,3-5,8H2,1H3;1-4H2;4*1H4;;;1-2H2;(H2,1,2,3,4)/q;;;;;;;;;;;;;;+1;;/p-1. The number of ether oxygens (including phenoxy) is 7. The molecule has 4 aliphatic heterocycles. The van der Waals surface area contributed by atoms with Crippen LogP contribution in [0.4, 0.5) is 24.0 Å². The Morgan fingerprint density at radius 2 is 0.752 bits per heavy atom. The van der Waals surface area contributed by atoms with Gasteiger partial charge in [0.25, 0.3) is 35.4 Å². The SMILES string of the molecule is C.C.C.C.C1CCOC1.CC(C)(C)OC(=O)OC(=O)OC(C)(C)C.CC1(O)CCC(N)CC1.CC1(O)CCC(N2C(=O)c3ccccc3C2=O)CC1.CC1=CCC(N)CC1.CC1=CCC(N2C(=O)c3ccccc3C2=O)CC1.CC1=CCC(NC(=O)OC(C)(C)C)CC1.CC1=CCC(NC(=O)OC(C)(C)C)CC1.CCOC(=O)N1C(=O)c2ccccc2C1=O.NN.O=S(=O)([O-])O.[B].[K+]. The fourth-order valence-corrected chi connectivity index (χ4v) is 13.8. The van der Waals surface area contributed by atoms with Gasteiger partial charge in [0.05, 0.1) is 51.2 Å². The molecule has 4 unspecified atom stereocenters. The van der Waals surface area contributed by atoms with E-state index in [0.717, 1.165) is 103 Å². The largest absolute Gasteiger partial charge is 1.00 e. The molecule has 3 radical (unpaired) electrons. The van der Waals surface area contributed by atoms with Gasteiger partial charge in [-0.1, -0.05) is 113 Å². The average molecular weight is 1920 g/mol. The van der Waals surface area contributed by atoms with Gasteiger partial charge in [0.2, 0.25) is 10.4 Å². The first-order valence-electron chi connectivity index (χ1n) is 43.3. The first kappa shape index (κ1) is 131. The van der Waals surface area contributed by atoms with Crippen molar-refractivity contribution in [1.29, 1.82) is 0 Å². The Labute approximate surface area is 836 Å². The van der Waals surface area contributed by atoms with Gasteiger partial charge in [-0.25, -0.2) is 32.4 Å². The Kier molecular flexibility index (Phi) is 61.3. The van der Waals surface area contributed by atoms with Gasteiger partial charge >= 0.3 is 82.0 Å². The Hall–Kier alpha value is -7.92. The van der Waals surface area contributed by atoms with Crippen LogP contribution in [0, 0.1) is 0 Å². The fourth-order valence-electron chi connectivity index (χ4n) is 13.8. The number of carbonyl (C=O) groups excluding carboxylic acids is 11. The zero-order valence-electron chi connectivity index (χ0n) is 79.4. The minimum atomic E-state index is -4.92. The molecule has 13 rings (SSSR count). The summed E-state index contributed by atoms with van der Waals surface area (Å²) in [7, 11) is -4.92. The Balaban J connectivity index is -0.000000704. The molecule has 0 bridgehead atoms. The summed E-state index contributed by atoms with van der Waals surface area (Å²) in [6, 6.07) is 21.5. The van der Waals surface area contributed by atoms with E-state index in [1.54, 1.807) is 109 Å². The van der Waals surface area contributed by atoms with Crippen LogP contribution in [-0.4, -0.2) is 207 Å². The molecule has 133 heavy (non-hydrogen) atoms. The monoisotopic (exact) mass is 1920 g/mol. The number of hydrogen-bond donors (Lipinski definition) is 9. The van der Waals surface area contributed by atoms with Crippen LogP contribution in [-0.2, 0) is 43.6 Å². The molecule has 13 N–H and O–H groups in total. The molecule has 9 amide bonds. The van der Waals surface area contributed by atoms with Crippen LogP contribution < -0.4 is 85.2 Å². The van der Waals surface area contributed by atoms with Crippen molar-refractivity contribution in [2.45, 2.75) is 372 Å². The van der Waals surface area contributed by atoms with Crippen LogP contribution in [0.15, 0.2) is 119 Å². The average Bonchev–Trinajstić information content (AvgIpc) is 1.60. The minimum absolute atomic E-state index is 0. The smallest absolute Gasteiger partial charge is 0.726 e. The summed E-state index contributed by atoms with van der Waals surface area (Å²) in [5.41, 5.74) is 16.3. The maximum atomic E-state index is 12.3. The second-order valence-electron chi connectivity index (χ2n) is 37.0. The molecule has 1 saturated heterocycles. The molecule has 745 valence electrons. The van der Waals surface area contributed by atoms with Crippen molar-refractivity contribution in [2.75, 3.05) is 19.8 Å². The summed E-state index contributed by atoms with van der Waals surface area (Å²) in [5, 5.41) is 25.2. The summed E-state index contributed by atoms with van der Waals surface area (Å²) in [6.45, 7) is 37.2. The Bertz CT molecular complexity index is 4210. The molecule has 36 heteroatoms. The predicted molar refractivity (Wildman–Crippen MR) is 513 cm³/mol.